The smallest absolute Gasteiger partial charge is 0.481 e. The molecule has 0 aromatic heterocycles. The zero-order valence-corrected chi connectivity index (χ0v) is 10.0. The molecule has 1 aromatic carbocycles. The molecule has 6 nitrogen and oxygen atoms in total. The minimum atomic E-state index is -3.72. The first-order valence-electron chi connectivity index (χ1n) is 5.81. The molecule has 106 valence electrons. The van der Waals surface area contributed by atoms with Crippen molar-refractivity contribution in [3.63, 3.8) is 0 Å². The molecule has 1 fully saturated rings. The van der Waals surface area contributed by atoms with Crippen molar-refractivity contribution in [1.82, 2.24) is 0 Å². The first-order chi connectivity index (χ1) is 9.37. The molecule has 2 aliphatic rings. The third kappa shape index (κ3) is 1.93. The number of ether oxygens (including phenoxy) is 2. The predicted molar refractivity (Wildman–Crippen MR) is 60.7 cm³/mol. The summed E-state index contributed by atoms with van der Waals surface area (Å²) in [5.74, 6) is -3.16. The maximum Gasteiger partial charge on any atom is 0.586 e. The van der Waals surface area contributed by atoms with Crippen molar-refractivity contribution in [3.8, 4) is 11.5 Å². The number of anilines is 1. The van der Waals surface area contributed by atoms with E-state index in [4.69, 9.17) is 5.11 Å². The number of alkyl halides is 2. The molecule has 8 heteroatoms. The number of rotatable bonds is 2. The molecule has 0 radical (unpaired) electrons. The molecular weight excluding hydrogens is 276 g/mol. The standard InChI is InChI=1S/C12H9F2NO5/c13-12(14)19-8-2-1-6(5-9(8)20-12)15-4-3-7(10(15)16)11(17)18/h1-2,5,7H,3-4H2,(H,17,18). The Morgan fingerprint density at radius 1 is 1.35 bits per heavy atom. The Kier molecular flexibility index (Phi) is 2.56. The summed E-state index contributed by atoms with van der Waals surface area (Å²) in [6, 6.07) is 3.90. The number of carbonyl (C=O) groups excluding carboxylic acids is 1. The summed E-state index contributed by atoms with van der Waals surface area (Å²) in [4.78, 5) is 24.0. The van der Waals surface area contributed by atoms with Gasteiger partial charge in [0.25, 0.3) is 0 Å². The van der Waals surface area contributed by atoms with Gasteiger partial charge in [-0.3, -0.25) is 9.59 Å². The van der Waals surface area contributed by atoms with Crippen LogP contribution in [0.1, 0.15) is 6.42 Å². The van der Waals surface area contributed by atoms with Gasteiger partial charge in [0.2, 0.25) is 5.91 Å². The fourth-order valence-corrected chi connectivity index (χ4v) is 2.27. The van der Waals surface area contributed by atoms with E-state index in [2.05, 4.69) is 9.47 Å². The monoisotopic (exact) mass is 285 g/mol. The highest BCUT2D eigenvalue weighted by molar-refractivity contribution is 6.07. The number of carboxylic acids is 1. The van der Waals surface area contributed by atoms with Gasteiger partial charge in [0.15, 0.2) is 11.5 Å². The maximum atomic E-state index is 12.9. The van der Waals surface area contributed by atoms with E-state index in [1.807, 2.05) is 0 Å². The summed E-state index contributed by atoms with van der Waals surface area (Å²) >= 11 is 0. The summed E-state index contributed by atoms with van der Waals surface area (Å²) in [5.41, 5.74) is 0.304. The third-order valence-electron chi connectivity index (χ3n) is 3.20. The van der Waals surface area contributed by atoms with Crippen LogP contribution in [0.4, 0.5) is 14.5 Å². The van der Waals surface area contributed by atoms with Gasteiger partial charge in [-0.1, -0.05) is 0 Å². The van der Waals surface area contributed by atoms with Crippen LogP contribution in [0.2, 0.25) is 0 Å². The van der Waals surface area contributed by atoms with Crippen LogP contribution in [0.15, 0.2) is 18.2 Å². The average Bonchev–Trinajstić information content (AvgIpc) is 2.86. The number of nitrogens with zero attached hydrogens (tertiary/aromatic N) is 1. The Hall–Kier alpha value is -2.38. The molecule has 0 bridgehead atoms. The summed E-state index contributed by atoms with van der Waals surface area (Å²) in [6.45, 7) is 0.214. The molecule has 1 saturated heterocycles. The van der Waals surface area contributed by atoms with Gasteiger partial charge in [-0.2, -0.15) is 0 Å². The van der Waals surface area contributed by atoms with Crippen LogP contribution in [0.3, 0.4) is 0 Å². The van der Waals surface area contributed by atoms with Crippen molar-refractivity contribution in [2.45, 2.75) is 12.7 Å². The lowest BCUT2D eigenvalue weighted by atomic mass is 10.1. The van der Waals surface area contributed by atoms with E-state index in [9.17, 15) is 18.4 Å². The first kappa shape index (κ1) is 12.6. The van der Waals surface area contributed by atoms with Crippen LogP contribution in [0.25, 0.3) is 0 Å². The minimum absolute atomic E-state index is 0.125. The predicted octanol–water partition coefficient (Wildman–Crippen LogP) is 1.45. The summed E-state index contributed by atoms with van der Waals surface area (Å²) in [5, 5.41) is 8.88. The summed E-state index contributed by atoms with van der Waals surface area (Å²) in [6.07, 6.45) is -3.54. The molecule has 2 aliphatic heterocycles. The van der Waals surface area contributed by atoms with Gasteiger partial charge in [0.1, 0.15) is 5.92 Å². The second-order valence-corrected chi connectivity index (χ2v) is 4.47. The molecule has 0 spiro atoms. The number of hydrogen-bond acceptors (Lipinski definition) is 4. The Morgan fingerprint density at radius 3 is 2.70 bits per heavy atom. The van der Waals surface area contributed by atoms with E-state index in [1.54, 1.807) is 0 Å². The highest BCUT2D eigenvalue weighted by atomic mass is 19.3. The Balaban J connectivity index is 1.87. The second kappa shape index (κ2) is 4.06. The molecule has 1 N–H and O–H groups in total. The van der Waals surface area contributed by atoms with Gasteiger partial charge in [-0.15, -0.1) is 8.78 Å². The van der Waals surface area contributed by atoms with Gasteiger partial charge >= 0.3 is 12.3 Å². The number of aliphatic carboxylic acids is 1. The van der Waals surface area contributed by atoms with Crippen molar-refractivity contribution >= 4 is 17.6 Å². The molecule has 1 unspecified atom stereocenters. The quantitative estimate of drug-likeness (QED) is 0.832. The minimum Gasteiger partial charge on any atom is -0.481 e. The SMILES string of the molecule is O=C(O)C1CCN(c2ccc3c(c2)OC(F)(F)O3)C1=O. The largest absolute Gasteiger partial charge is 0.586 e. The van der Waals surface area contributed by atoms with E-state index < -0.39 is 24.1 Å². The Morgan fingerprint density at radius 2 is 2.05 bits per heavy atom. The number of halogens is 2. The highest BCUT2D eigenvalue weighted by Gasteiger charge is 2.44. The normalized spacial score (nSPS) is 23.2. The zero-order valence-electron chi connectivity index (χ0n) is 10.0. The lowest BCUT2D eigenvalue weighted by Gasteiger charge is -2.16. The van der Waals surface area contributed by atoms with Crippen LogP contribution in [0, 0.1) is 5.92 Å². The van der Waals surface area contributed by atoms with Crippen LogP contribution in [-0.2, 0) is 9.59 Å². The Bertz CT molecular complexity index is 604. The molecule has 2 heterocycles. The van der Waals surface area contributed by atoms with Crippen LogP contribution < -0.4 is 14.4 Å². The van der Waals surface area contributed by atoms with Crippen LogP contribution >= 0.6 is 0 Å². The van der Waals surface area contributed by atoms with Crippen LogP contribution in [0.5, 0.6) is 11.5 Å². The molecular formula is C12H9F2NO5. The van der Waals surface area contributed by atoms with Gasteiger partial charge < -0.3 is 19.5 Å². The van der Waals surface area contributed by atoms with Crippen LogP contribution in [-0.4, -0.2) is 29.8 Å². The number of fused-ring (bicyclic) bond motifs is 1. The highest BCUT2D eigenvalue weighted by Crippen LogP contribution is 2.43. The summed E-state index contributed by atoms with van der Waals surface area (Å²) < 4.78 is 34.3. The third-order valence-corrected chi connectivity index (χ3v) is 3.20. The van der Waals surface area contributed by atoms with E-state index in [0.717, 1.165) is 0 Å². The van der Waals surface area contributed by atoms with Gasteiger partial charge in [-0.05, 0) is 18.6 Å². The fraction of sp³-hybridized carbons (Fsp3) is 0.333. The lowest BCUT2D eigenvalue weighted by molar-refractivity contribution is -0.286. The molecule has 0 saturated carbocycles. The zero-order chi connectivity index (χ0) is 14.5. The van der Waals surface area contributed by atoms with E-state index in [0.29, 0.717) is 5.69 Å². The second-order valence-electron chi connectivity index (χ2n) is 4.47. The number of carboxylic acid groups (broad SMARTS) is 1. The molecule has 1 atom stereocenters. The average molecular weight is 285 g/mol. The van der Waals surface area contributed by atoms with Gasteiger partial charge in [0, 0.05) is 18.3 Å². The van der Waals surface area contributed by atoms with Crippen molar-refractivity contribution in [2.75, 3.05) is 11.4 Å². The fourth-order valence-electron chi connectivity index (χ4n) is 2.27. The summed E-state index contributed by atoms with van der Waals surface area (Å²) in [7, 11) is 0. The van der Waals surface area contributed by atoms with Crippen molar-refractivity contribution in [3.05, 3.63) is 18.2 Å². The number of amides is 1. The van der Waals surface area contributed by atoms with E-state index in [1.165, 1.54) is 23.1 Å². The molecule has 1 amide bonds. The van der Waals surface area contributed by atoms with Crippen molar-refractivity contribution in [2.24, 2.45) is 5.92 Å². The number of hydrogen-bond donors (Lipinski definition) is 1. The maximum absolute atomic E-state index is 12.9. The van der Waals surface area contributed by atoms with E-state index >= 15 is 0 Å². The number of carbonyl (C=O) groups is 2. The van der Waals surface area contributed by atoms with E-state index in [-0.39, 0.29) is 24.5 Å². The molecule has 1 aromatic rings. The van der Waals surface area contributed by atoms with Gasteiger partial charge in [-0.25, -0.2) is 0 Å². The lowest BCUT2D eigenvalue weighted by Crippen LogP contribution is -2.30. The van der Waals surface area contributed by atoms with Gasteiger partial charge in [0.05, 0.1) is 0 Å². The molecule has 0 aliphatic carbocycles. The molecule has 3 rings (SSSR count). The Labute approximate surface area is 111 Å². The van der Waals surface area contributed by atoms with Crippen molar-refractivity contribution in [1.29, 1.82) is 0 Å². The first-order valence-corrected chi connectivity index (χ1v) is 5.81. The number of benzene rings is 1. The topological polar surface area (TPSA) is 76.1 Å². The van der Waals surface area contributed by atoms with Crippen molar-refractivity contribution < 1.29 is 33.0 Å². The molecule has 20 heavy (non-hydrogen) atoms.